The molecule has 0 saturated heterocycles. The molecule has 1 aromatic rings. The van der Waals surface area contributed by atoms with Gasteiger partial charge in [-0.25, -0.2) is 0 Å². The summed E-state index contributed by atoms with van der Waals surface area (Å²) in [5, 5.41) is 4.19. The number of halogens is 1. The minimum absolute atomic E-state index is 0.638. The first-order valence-electron chi connectivity index (χ1n) is 4.65. The SMILES string of the molecule is CCn1ncc(OC)c1/C=C/CCCl. The molecule has 1 heterocycles. The summed E-state index contributed by atoms with van der Waals surface area (Å²) in [6, 6.07) is 0. The molecule has 0 spiro atoms. The van der Waals surface area contributed by atoms with Gasteiger partial charge in [0, 0.05) is 12.4 Å². The lowest BCUT2D eigenvalue weighted by molar-refractivity contribution is 0.412. The second kappa shape index (κ2) is 5.70. The van der Waals surface area contributed by atoms with Gasteiger partial charge in [0.2, 0.25) is 0 Å². The summed E-state index contributed by atoms with van der Waals surface area (Å²) in [6.45, 7) is 2.88. The molecule has 0 unspecified atom stereocenters. The minimum atomic E-state index is 0.638. The van der Waals surface area contributed by atoms with E-state index in [1.54, 1.807) is 13.3 Å². The number of ether oxygens (including phenoxy) is 1. The Labute approximate surface area is 89.3 Å². The number of aromatic nitrogens is 2. The van der Waals surface area contributed by atoms with Crippen LogP contribution >= 0.6 is 11.6 Å². The van der Waals surface area contributed by atoms with Crippen molar-refractivity contribution in [1.29, 1.82) is 0 Å². The van der Waals surface area contributed by atoms with Gasteiger partial charge in [-0.05, 0) is 19.4 Å². The predicted molar refractivity (Wildman–Crippen MR) is 58.8 cm³/mol. The van der Waals surface area contributed by atoms with Gasteiger partial charge in [-0.2, -0.15) is 5.10 Å². The van der Waals surface area contributed by atoms with Crippen LogP contribution in [0.4, 0.5) is 0 Å². The molecule has 1 aromatic heterocycles. The summed E-state index contributed by atoms with van der Waals surface area (Å²) in [5.41, 5.74) is 1.00. The highest BCUT2D eigenvalue weighted by Gasteiger charge is 2.05. The molecule has 3 nitrogen and oxygen atoms in total. The Morgan fingerprint density at radius 2 is 2.43 bits per heavy atom. The van der Waals surface area contributed by atoms with E-state index in [0.29, 0.717) is 5.88 Å². The highest BCUT2D eigenvalue weighted by Crippen LogP contribution is 2.19. The lowest BCUT2D eigenvalue weighted by Crippen LogP contribution is -1.99. The van der Waals surface area contributed by atoms with Gasteiger partial charge >= 0.3 is 0 Å². The molecule has 4 heteroatoms. The Kier molecular flexibility index (Phi) is 4.53. The molecule has 14 heavy (non-hydrogen) atoms. The molecule has 0 bridgehead atoms. The lowest BCUT2D eigenvalue weighted by Gasteiger charge is -2.01. The van der Waals surface area contributed by atoms with Crippen LogP contribution in [0, 0.1) is 0 Å². The van der Waals surface area contributed by atoms with Crippen LogP contribution in [0.25, 0.3) is 6.08 Å². The lowest BCUT2D eigenvalue weighted by atomic mass is 10.3. The van der Waals surface area contributed by atoms with E-state index in [-0.39, 0.29) is 0 Å². The van der Waals surface area contributed by atoms with Gasteiger partial charge < -0.3 is 4.74 Å². The average molecular weight is 215 g/mol. The predicted octanol–water partition coefficient (Wildman–Crippen LogP) is 2.55. The molecule has 0 N–H and O–H groups in total. The molecule has 0 saturated carbocycles. The monoisotopic (exact) mass is 214 g/mol. The Morgan fingerprint density at radius 1 is 1.64 bits per heavy atom. The smallest absolute Gasteiger partial charge is 0.164 e. The molecule has 1 rings (SSSR count). The van der Waals surface area contributed by atoms with E-state index in [9.17, 15) is 0 Å². The first-order valence-corrected chi connectivity index (χ1v) is 5.19. The number of hydrogen-bond acceptors (Lipinski definition) is 2. The summed E-state index contributed by atoms with van der Waals surface area (Å²) in [5.74, 6) is 1.44. The van der Waals surface area contributed by atoms with Crippen molar-refractivity contribution in [3.8, 4) is 5.75 Å². The topological polar surface area (TPSA) is 27.1 Å². The van der Waals surface area contributed by atoms with E-state index in [2.05, 4.69) is 5.10 Å². The van der Waals surface area contributed by atoms with Gasteiger partial charge in [0.15, 0.2) is 5.75 Å². The van der Waals surface area contributed by atoms with Crippen LogP contribution in [0.2, 0.25) is 0 Å². The van der Waals surface area contributed by atoms with Crippen molar-refractivity contribution >= 4 is 17.7 Å². The van der Waals surface area contributed by atoms with Crippen molar-refractivity contribution in [1.82, 2.24) is 9.78 Å². The van der Waals surface area contributed by atoms with Crippen molar-refractivity contribution in [2.24, 2.45) is 0 Å². The van der Waals surface area contributed by atoms with Crippen molar-refractivity contribution in [2.45, 2.75) is 19.9 Å². The van der Waals surface area contributed by atoms with Gasteiger partial charge in [0.05, 0.1) is 13.3 Å². The summed E-state index contributed by atoms with van der Waals surface area (Å²) >= 11 is 5.58. The maximum absolute atomic E-state index is 5.58. The summed E-state index contributed by atoms with van der Waals surface area (Å²) in [4.78, 5) is 0. The third-order valence-corrected chi connectivity index (χ3v) is 2.13. The van der Waals surface area contributed by atoms with Crippen LogP contribution in [0.5, 0.6) is 5.75 Å². The largest absolute Gasteiger partial charge is 0.493 e. The third kappa shape index (κ3) is 2.51. The van der Waals surface area contributed by atoms with E-state index in [0.717, 1.165) is 24.4 Å². The highest BCUT2D eigenvalue weighted by molar-refractivity contribution is 6.17. The number of aryl methyl sites for hydroxylation is 1. The molecule has 0 radical (unpaired) electrons. The fourth-order valence-electron chi connectivity index (χ4n) is 1.21. The molecule has 0 fully saturated rings. The quantitative estimate of drug-likeness (QED) is 0.705. The summed E-state index contributed by atoms with van der Waals surface area (Å²) in [7, 11) is 1.65. The van der Waals surface area contributed by atoms with Crippen LogP contribution in [-0.2, 0) is 6.54 Å². The second-order valence-corrected chi connectivity index (χ2v) is 3.17. The standard InChI is InChI=1S/C10H15ClN2O/c1-3-13-9(6-4-5-7-11)10(14-2)8-12-13/h4,6,8H,3,5,7H2,1-2H3/b6-4+. The zero-order valence-corrected chi connectivity index (χ0v) is 9.29. The Balaban J connectivity index is 2.85. The minimum Gasteiger partial charge on any atom is -0.493 e. The van der Waals surface area contributed by atoms with Gasteiger partial charge in [-0.1, -0.05) is 6.08 Å². The fourth-order valence-corrected chi connectivity index (χ4v) is 1.34. The molecule has 78 valence electrons. The third-order valence-electron chi connectivity index (χ3n) is 1.92. The van der Waals surface area contributed by atoms with Gasteiger partial charge in [-0.15, -0.1) is 11.6 Å². The van der Waals surface area contributed by atoms with E-state index in [4.69, 9.17) is 16.3 Å². The second-order valence-electron chi connectivity index (χ2n) is 2.79. The maximum Gasteiger partial charge on any atom is 0.164 e. The number of methoxy groups -OCH3 is 1. The molecular formula is C10H15ClN2O. The van der Waals surface area contributed by atoms with Gasteiger partial charge in [-0.3, -0.25) is 4.68 Å². The van der Waals surface area contributed by atoms with Gasteiger partial charge in [0.25, 0.3) is 0 Å². The van der Waals surface area contributed by atoms with Crippen molar-refractivity contribution in [2.75, 3.05) is 13.0 Å². The molecular weight excluding hydrogens is 200 g/mol. The number of nitrogens with zero attached hydrogens (tertiary/aromatic N) is 2. The zero-order chi connectivity index (χ0) is 10.4. The van der Waals surface area contributed by atoms with E-state index >= 15 is 0 Å². The molecule has 0 amide bonds. The fraction of sp³-hybridized carbons (Fsp3) is 0.500. The first-order chi connectivity index (χ1) is 6.83. The van der Waals surface area contributed by atoms with E-state index in [1.165, 1.54) is 0 Å². The van der Waals surface area contributed by atoms with Crippen molar-refractivity contribution < 1.29 is 4.74 Å². The normalized spacial score (nSPS) is 11.1. The van der Waals surface area contributed by atoms with Crippen LogP contribution < -0.4 is 4.74 Å². The van der Waals surface area contributed by atoms with E-state index in [1.807, 2.05) is 23.8 Å². The summed E-state index contributed by atoms with van der Waals surface area (Å²) < 4.78 is 7.08. The number of alkyl halides is 1. The number of hydrogen-bond donors (Lipinski definition) is 0. The Hall–Kier alpha value is -0.960. The zero-order valence-electron chi connectivity index (χ0n) is 8.53. The van der Waals surface area contributed by atoms with Gasteiger partial charge in [0.1, 0.15) is 5.69 Å². The average Bonchev–Trinajstić information content (AvgIpc) is 2.60. The summed E-state index contributed by atoms with van der Waals surface area (Å²) in [6.07, 6.45) is 6.61. The highest BCUT2D eigenvalue weighted by atomic mass is 35.5. The first kappa shape index (κ1) is 11.1. The molecule has 0 aliphatic carbocycles. The molecule has 0 aliphatic rings. The Bertz CT molecular complexity index is 286. The van der Waals surface area contributed by atoms with E-state index < -0.39 is 0 Å². The Morgan fingerprint density at radius 3 is 3.00 bits per heavy atom. The van der Waals surface area contributed by atoms with Crippen LogP contribution in [0.3, 0.4) is 0 Å². The molecule has 0 aromatic carbocycles. The van der Waals surface area contributed by atoms with Crippen molar-refractivity contribution in [3.05, 3.63) is 18.0 Å². The molecule has 0 atom stereocenters. The van der Waals surface area contributed by atoms with Crippen molar-refractivity contribution in [3.63, 3.8) is 0 Å². The van der Waals surface area contributed by atoms with Crippen LogP contribution in [-0.4, -0.2) is 22.8 Å². The molecule has 0 aliphatic heterocycles. The van der Waals surface area contributed by atoms with Crippen LogP contribution in [0.15, 0.2) is 12.3 Å². The van der Waals surface area contributed by atoms with Crippen LogP contribution in [0.1, 0.15) is 19.0 Å². The number of allylic oxidation sites excluding steroid dienone is 1. The number of rotatable bonds is 5. The maximum atomic E-state index is 5.58.